The van der Waals surface area contributed by atoms with Crippen molar-refractivity contribution in [3.63, 3.8) is 0 Å². The van der Waals surface area contributed by atoms with Crippen LogP contribution in [0.3, 0.4) is 0 Å². The van der Waals surface area contributed by atoms with Gasteiger partial charge in [-0.1, -0.05) is 25.5 Å². The molecule has 3 fully saturated rings. The number of ketones is 2. The summed E-state index contributed by atoms with van der Waals surface area (Å²) in [5, 5.41) is 22.1. The number of esters is 2. The van der Waals surface area contributed by atoms with Crippen molar-refractivity contribution in [3.05, 3.63) is 23.8 Å². The topological polar surface area (TPSA) is 147 Å². The normalized spacial score (nSPS) is 37.7. The van der Waals surface area contributed by atoms with E-state index in [4.69, 9.17) is 9.47 Å². The number of aliphatic hydroxyl groups excluding tert-OH is 1. The second-order valence-electron chi connectivity index (χ2n) is 11.1. The van der Waals surface area contributed by atoms with Crippen LogP contribution >= 0.6 is 0 Å². The standard InChI is InChI=1S/C27H34O9.Na/c1-15(28)36-27(21(31)14-35-23(34)7-6-22(32)33)11-9-19-18-5-4-16-12-17(29)8-10-25(16,2)24(18)20(30)13-26(19,27)3;/h8,10,12,18-20,24,30H,4-7,9,11,13-14H2,1-3H3,(H,32,33);/q;+1/p-1/t18-,19-,20-,24+,25-,26-,27-;/m0./s1. The summed E-state index contributed by atoms with van der Waals surface area (Å²) in [6, 6.07) is 0. The number of hydrogen-bond acceptors (Lipinski definition) is 9. The fourth-order valence-electron chi connectivity index (χ4n) is 7.78. The summed E-state index contributed by atoms with van der Waals surface area (Å²) >= 11 is 0. The summed E-state index contributed by atoms with van der Waals surface area (Å²) in [7, 11) is 0. The predicted octanol–water partition coefficient (Wildman–Crippen LogP) is -1.79. The van der Waals surface area contributed by atoms with Gasteiger partial charge in [0.15, 0.2) is 18.0 Å². The third kappa shape index (κ3) is 5.00. The third-order valence-corrected chi connectivity index (χ3v) is 9.28. The molecule has 1 N–H and O–H groups in total. The van der Waals surface area contributed by atoms with Gasteiger partial charge in [-0.2, -0.15) is 0 Å². The average Bonchev–Trinajstić information content (AvgIpc) is 3.08. The number of allylic oxidation sites excluding steroid dienone is 4. The van der Waals surface area contributed by atoms with Gasteiger partial charge in [-0.25, -0.2) is 0 Å². The molecule has 4 rings (SSSR count). The fraction of sp³-hybridized carbons (Fsp3) is 0.667. The number of carbonyl (C=O) groups is 5. The second-order valence-corrected chi connectivity index (χ2v) is 11.1. The summed E-state index contributed by atoms with van der Waals surface area (Å²) in [5.74, 6) is -3.66. The van der Waals surface area contributed by atoms with Crippen LogP contribution < -0.4 is 34.7 Å². The van der Waals surface area contributed by atoms with E-state index in [-0.39, 0.29) is 65.9 Å². The molecule has 10 heteroatoms. The Kier molecular flexibility index (Phi) is 8.64. The Labute approximate surface area is 238 Å². The first kappa shape index (κ1) is 29.7. The Hall–Kier alpha value is -1.81. The maximum atomic E-state index is 13.6. The van der Waals surface area contributed by atoms with Crippen molar-refractivity contribution in [2.45, 2.75) is 77.4 Å². The van der Waals surface area contributed by atoms with E-state index in [2.05, 4.69) is 6.92 Å². The van der Waals surface area contributed by atoms with E-state index in [1.54, 1.807) is 12.2 Å². The molecule has 37 heavy (non-hydrogen) atoms. The van der Waals surface area contributed by atoms with Crippen molar-refractivity contribution < 1.29 is 73.2 Å². The van der Waals surface area contributed by atoms with Gasteiger partial charge in [0.2, 0.25) is 5.78 Å². The zero-order valence-corrected chi connectivity index (χ0v) is 23.9. The van der Waals surface area contributed by atoms with Gasteiger partial charge in [0, 0.05) is 29.6 Å². The summed E-state index contributed by atoms with van der Waals surface area (Å²) in [6.45, 7) is 4.50. The number of carbonyl (C=O) groups excluding carboxylic acids is 5. The zero-order chi connectivity index (χ0) is 26.5. The smallest absolute Gasteiger partial charge is 0.550 e. The fourth-order valence-corrected chi connectivity index (χ4v) is 7.78. The molecular formula is C27H33NaO9. The first-order valence-corrected chi connectivity index (χ1v) is 12.5. The van der Waals surface area contributed by atoms with Crippen LogP contribution in [-0.4, -0.2) is 52.9 Å². The number of Topliss-reactive ketones (excluding diaryl/α,β-unsaturated/α-hetero) is 1. The molecule has 0 radical (unpaired) electrons. The Morgan fingerprint density at radius 3 is 2.51 bits per heavy atom. The summed E-state index contributed by atoms with van der Waals surface area (Å²) < 4.78 is 10.8. The molecule has 0 spiro atoms. The molecule has 0 saturated heterocycles. The van der Waals surface area contributed by atoms with E-state index in [0.29, 0.717) is 12.8 Å². The van der Waals surface area contributed by atoms with E-state index in [1.165, 1.54) is 6.92 Å². The van der Waals surface area contributed by atoms with Crippen LogP contribution in [0.2, 0.25) is 0 Å². The minimum atomic E-state index is -1.57. The van der Waals surface area contributed by atoms with Gasteiger partial charge >= 0.3 is 41.5 Å². The quantitative estimate of drug-likeness (QED) is 0.301. The van der Waals surface area contributed by atoms with Gasteiger partial charge in [-0.05, 0) is 62.5 Å². The maximum Gasteiger partial charge on any atom is 1.00 e. The molecule has 7 atom stereocenters. The van der Waals surface area contributed by atoms with Gasteiger partial charge < -0.3 is 24.5 Å². The Morgan fingerprint density at radius 1 is 1.16 bits per heavy atom. The Bertz CT molecular complexity index is 1060. The minimum Gasteiger partial charge on any atom is -0.550 e. The van der Waals surface area contributed by atoms with Crippen molar-refractivity contribution in [1.29, 1.82) is 0 Å². The van der Waals surface area contributed by atoms with Gasteiger partial charge in [0.05, 0.1) is 12.5 Å². The van der Waals surface area contributed by atoms with Gasteiger partial charge in [-0.15, -0.1) is 0 Å². The van der Waals surface area contributed by atoms with E-state index in [0.717, 1.165) is 12.0 Å². The number of carboxylic acids is 1. The molecule has 4 aliphatic rings. The minimum absolute atomic E-state index is 0. The Balaban J connectivity index is 0.00000380. The van der Waals surface area contributed by atoms with Crippen LogP contribution in [0, 0.1) is 28.6 Å². The first-order chi connectivity index (χ1) is 16.8. The molecule has 0 amide bonds. The summed E-state index contributed by atoms with van der Waals surface area (Å²) in [4.78, 5) is 60.3. The van der Waals surface area contributed by atoms with Crippen molar-refractivity contribution in [1.82, 2.24) is 0 Å². The molecule has 196 valence electrons. The maximum absolute atomic E-state index is 13.6. The predicted molar refractivity (Wildman–Crippen MR) is 123 cm³/mol. The van der Waals surface area contributed by atoms with Crippen molar-refractivity contribution in [2.24, 2.45) is 28.6 Å². The monoisotopic (exact) mass is 524 g/mol. The van der Waals surface area contributed by atoms with Crippen LogP contribution in [-0.2, 0) is 33.4 Å². The molecular weight excluding hydrogens is 491 g/mol. The molecule has 0 aromatic carbocycles. The van der Waals surface area contributed by atoms with E-state index in [1.807, 2.05) is 13.0 Å². The average molecular weight is 525 g/mol. The molecule has 0 aliphatic heterocycles. The van der Waals surface area contributed by atoms with Crippen molar-refractivity contribution >= 4 is 29.5 Å². The van der Waals surface area contributed by atoms with E-state index in [9.17, 15) is 34.2 Å². The van der Waals surface area contributed by atoms with E-state index < -0.39 is 65.7 Å². The van der Waals surface area contributed by atoms with Crippen LogP contribution in [0.5, 0.6) is 0 Å². The molecule has 9 nitrogen and oxygen atoms in total. The molecule has 0 aromatic rings. The third-order valence-electron chi connectivity index (χ3n) is 9.28. The first-order valence-electron chi connectivity index (χ1n) is 12.5. The van der Waals surface area contributed by atoms with E-state index >= 15 is 0 Å². The number of aliphatic carboxylic acids is 1. The van der Waals surface area contributed by atoms with Gasteiger partial charge in [0.25, 0.3) is 0 Å². The number of fused-ring (bicyclic) bond motifs is 5. The van der Waals surface area contributed by atoms with Gasteiger partial charge in [0.1, 0.15) is 0 Å². The molecule has 0 aromatic heterocycles. The molecule has 0 heterocycles. The Morgan fingerprint density at radius 2 is 1.86 bits per heavy atom. The molecule has 3 saturated carbocycles. The van der Waals surface area contributed by atoms with Crippen LogP contribution in [0.1, 0.15) is 65.7 Å². The molecule has 0 bridgehead atoms. The number of carboxylic acid groups (broad SMARTS) is 1. The number of aliphatic hydroxyl groups is 1. The number of rotatable bonds is 7. The summed E-state index contributed by atoms with van der Waals surface area (Å²) in [6.07, 6.45) is 5.87. The van der Waals surface area contributed by atoms with Gasteiger partial charge in [-0.3, -0.25) is 19.2 Å². The van der Waals surface area contributed by atoms with Crippen molar-refractivity contribution in [3.8, 4) is 0 Å². The van der Waals surface area contributed by atoms with Crippen molar-refractivity contribution in [2.75, 3.05) is 6.61 Å². The van der Waals surface area contributed by atoms with Crippen LogP contribution in [0.25, 0.3) is 0 Å². The zero-order valence-electron chi connectivity index (χ0n) is 21.9. The largest absolute Gasteiger partial charge is 1.00 e. The number of ether oxygens (including phenoxy) is 2. The summed E-state index contributed by atoms with van der Waals surface area (Å²) in [5.41, 5.74) is -1.91. The second kappa shape index (κ2) is 10.8. The number of hydrogen-bond donors (Lipinski definition) is 1. The SMILES string of the molecule is CC(=O)O[C@]1(C(=O)COC(=O)CCC(=O)[O-])CC[C@H]2[C@@H]3CCC4=CC(=O)C=C[C@]4(C)[C@H]3[C@@H](O)C[C@@]21C.[Na+]. The molecule has 0 unspecified atom stereocenters. The van der Waals surface area contributed by atoms with Crippen LogP contribution in [0.15, 0.2) is 23.8 Å². The van der Waals surface area contributed by atoms with Crippen LogP contribution in [0.4, 0.5) is 0 Å². The molecule has 4 aliphatic carbocycles.